The fourth-order valence-electron chi connectivity index (χ4n) is 3.60. The number of aromatic nitrogens is 2. The third-order valence-corrected chi connectivity index (χ3v) is 5.23. The van der Waals surface area contributed by atoms with Gasteiger partial charge in [0.2, 0.25) is 0 Å². The summed E-state index contributed by atoms with van der Waals surface area (Å²) in [5, 5.41) is 11.8. The van der Waals surface area contributed by atoms with E-state index in [1.54, 1.807) is 0 Å². The molecule has 160 valence electrons. The maximum atomic E-state index is 6.25. The summed E-state index contributed by atoms with van der Waals surface area (Å²) in [7, 11) is 0. The first-order chi connectivity index (χ1) is 13.8. The van der Waals surface area contributed by atoms with Crippen molar-refractivity contribution in [3.63, 3.8) is 0 Å². The fraction of sp³-hybridized carbons (Fsp3) is 0.524. The number of rotatable bonds is 9. The van der Waals surface area contributed by atoms with Crippen LogP contribution in [-0.2, 0) is 6.54 Å². The van der Waals surface area contributed by atoms with Gasteiger partial charge >= 0.3 is 0 Å². The molecule has 3 rings (SSSR count). The number of hydrogen-bond donors (Lipinski definition) is 2. The quantitative estimate of drug-likeness (QED) is 0.223. The zero-order valence-electron chi connectivity index (χ0n) is 17.1. The Labute approximate surface area is 196 Å². The smallest absolute Gasteiger partial charge is 0.191 e. The van der Waals surface area contributed by atoms with E-state index in [-0.39, 0.29) is 30.0 Å². The average molecular weight is 531 g/mol. The molecule has 1 unspecified atom stereocenters. The predicted octanol–water partition coefficient (Wildman–Crippen LogP) is 3.94. The molecule has 1 fully saturated rings. The fourth-order valence-corrected chi connectivity index (χ4v) is 3.80. The summed E-state index contributed by atoms with van der Waals surface area (Å²) in [6.45, 7) is 7.66. The van der Waals surface area contributed by atoms with Gasteiger partial charge < -0.3 is 10.6 Å². The molecule has 2 heterocycles. The summed E-state index contributed by atoms with van der Waals surface area (Å²) < 4.78 is 1.95. The van der Waals surface area contributed by atoms with Crippen molar-refractivity contribution in [1.82, 2.24) is 25.3 Å². The highest BCUT2D eigenvalue weighted by atomic mass is 127. The number of nitrogens with one attached hydrogen (secondary N) is 2. The van der Waals surface area contributed by atoms with E-state index in [0.717, 1.165) is 56.7 Å². The van der Waals surface area contributed by atoms with Crippen molar-refractivity contribution in [3.05, 3.63) is 53.3 Å². The lowest BCUT2D eigenvalue weighted by atomic mass is 10.1. The summed E-state index contributed by atoms with van der Waals surface area (Å²) in [6.07, 6.45) is 7.31. The molecule has 1 aromatic heterocycles. The van der Waals surface area contributed by atoms with Crippen molar-refractivity contribution < 1.29 is 0 Å². The van der Waals surface area contributed by atoms with Crippen LogP contribution in [0, 0.1) is 0 Å². The van der Waals surface area contributed by atoms with E-state index >= 15 is 0 Å². The van der Waals surface area contributed by atoms with Crippen molar-refractivity contribution in [2.45, 2.75) is 38.8 Å². The standard InChI is InChI=1S/C21H31ClN6.HI/c1-2-23-21(24-10-6-14-28-15-7-11-26-28)25-17-20(27-12-3-4-13-27)18-8-5-9-19(22)16-18;/h5,7-9,11,15-16,20H,2-4,6,10,12-14,17H2,1H3,(H2,23,24,25);1H. The highest BCUT2D eigenvalue weighted by molar-refractivity contribution is 14.0. The highest BCUT2D eigenvalue weighted by Gasteiger charge is 2.23. The predicted molar refractivity (Wildman–Crippen MR) is 131 cm³/mol. The van der Waals surface area contributed by atoms with Gasteiger partial charge in [0.15, 0.2) is 5.96 Å². The molecule has 0 spiro atoms. The number of halogens is 2. The minimum absolute atomic E-state index is 0. The molecule has 0 amide bonds. The minimum atomic E-state index is 0. The lowest BCUT2D eigenvalue weighted by Gasteiger charge is -2.27. The lowest BCUT2D eigenvalue weighted by Crippen LogP contribution is -2.39. The van der Waals surface area contributed by atoms with Crippen LogP contribution in [0.25, 0.3) is 0 Å². The van der Waals surface area contributed by atoms with Gasteiger partial charge in [0.25, 0.3) is 0 Å². The SMILES string of the molecule is CCNC(=NCC(c1cccc(Cl)c1)N1CCCC1)NCCCn1cccn1.I. The number of aryl methyl sites for hydroxylation is 1. The van der Waals surface area contributed by atoms with Crippen molar-refractivity contribution in [1.29, 1.82) is 0 Å². The van der Waals surface area contributed by atoms with Crippen molar-refractivity contribution >= 4 is 41.5 Å². The van der Waals surface area contributed by atoms with Crippen LogP contribution in [-0.4, -0.2) is 53.4 Å². The molecule has 0 saturated carbocycles. The van der Waals surface area contributed by atoms with Crippen LogP contribution < -0.4 is 10.6 Å². The summed E-state index contributed by atoms with van der Waals surface area (Å²) in [5.74, 6) is 0.870. The van der Waals surface area contributed by atoms with E-state index in [1.165, 1.54) is 18.4 Å². The van der Waals surface area contributed by atoms with Crippen LogP contribution >= 0.6 is 35.6 Å². The minimum Gasteiger partial charge on any atom is -0.357 e. The Morgan fingerprint density at radius 3 is 2.76 bits per heavy atom. The molecule has 8 heteroatoms. The van der Waals surface area contributed by atoms with E-state index in [1.807, 2.05) is 35.3 Å². The van der Waals surface area contributed by atoms with E-state index in [4.69, 9.17) is 16.6 Å². The van der Waals surface area contributed by atoms with Gasteiger partial charge in [-0.1, -0.05) is 23.7 Å². The van der Waals surface area contributed by atoms with E-state index < -0.39 is 0 Å². The third kappa shape index (κ3) is 7.79. The first-order valence-electron chi connectivity index (χ1n) is 10.3. The van der Waals surface area contributed by atoms with Crippen LogP contribution in [0.2, 0.25) is 5.02 Å². The van der Waals surface area contributed by atoms with Gasteiger partial charge in [-0.25, -0.2) is 0 Å². The number of aliphatic imine (C=N–C) groups is 1. The topological polar surface area (TPSA) is 57.5 Å². The zero-order chi connectivity index (χ0) is 19.6. The maximum Gasteiger partial charge on any atom is 0.191 e. The average Bonchev–Trinajstić information content (AvgIpc) is 3.39. The number of nitrogens with zero attached hydrogens (tertiary/aromatic N) is 4. The van der Waals surface area contributed by atoms with Gasteiger partial charge in [-0.3, -0.25) is 14.6 Å². The number of likely N-dealkylation sites (tertiary alicyclic amines) is 1. The molecule has 1 atom stereocenters. The maximum absolute atomic E-state index is 6.25. The second kappa shape index (κ2) is 13.1. The second-order valence-corrected chi connectivity index (χ2v) is 7.52. The van der Waals surface area contributed by atoms with Gasteiger partial charge in [-0.15, -0.1) is 24.0 Å². The van der Waals surface area contributed by atoms with Crippen molar-refractivity contribution in [2.75, 3.05) is 32.7 Å². The molecule has 1 aliphatic rings. The van der Waals surface area contributed by atoms with Crippen LogP contribution in [0.4, 0.5) is 0 Å². The van der Waals surface area contributed by atoms with Gasteiger partial charge in [0.1, 0.15) is 0 Å². The molecule has 29 heavy (non-hydrogen) atoms. The molecule has 0 bridgehead atoms. The second-order valence-electron chi connectivity index (χ2n) is 7.08. The molecular formula is C21H32ClIN6. The molecule has 1 aromatic carbocycles. The highest BCUT2D eigenvalue weighted by Crippen LogP contribution is 2.27. The molecule has 1 aliphatic heterocycles. The Hall–Kier alpha value is -1.32. The van der Waals surface area contributed by atoms with Gasteiger partial charge in [0.05, 0.1) is 12.6 Å². The van der Waals surface area contributed by atoms with Crippen LogP contribution in [0.15, 0.2) is 47.7 Å². The Kier molecular flexibility index (Phi) is 10.8. The molecule has 0 radical (unpaired) electrons. The summed E-state index contributed by atoms with van der Waals surface area (Å²) >= 11 is 6.25. The Balaban J connectivity index is 0.00000300. The van der Waals surface area contributed by atoms with Gasteiger partial charge in [-0.05, 0) is 63.0 Å². The monoisotopic (exact) mass is 530 g/mol. The number of benzene rings is 1. The molecule has 6 nitrogen and oxygen atoms in total. The van der Waals surface area contributed by atoms with Crippen molar-refractivity contribution in [3.8, 4) is 0 Å². The molecule has 1 saturated heterocycles. The summed E-state index contributed by atoms with van der Waals surface area (Å²) in [5.41, 5.74) is 1.24. The summed E-state index contributed by atoms with van der Waals surface area (Å²) in [4.78, 5) is 7.41. The van der Waals surface area contributed by atoms with Crippen molar-refractivity contribution in [2.24, 2.45) is 4.99 Å². The van der Waals surface area contributed by atoms with Gasteiger partial charge in [-0.2, -0.15) is 5.10 Å². The Morgan fingerprint density at radius 1 is 1.24 bits per heavy atom. The Morgan fingerprint density at radius 2 is 2.07 bits per heavy atom. The Bertz CT molecular complexity index is 731. The lowest BCUT2D eigenvalue weighted by molar-refractivity contribution is 0.251. The zero-order valence-corrected chi connectivity index (χ0v) is 20.1. The van der Waals surface area contributed by atoms with Crippen LogP contribution in [0.5, 0.6) is 0 Å². The van der Waals surface area contributed by atoms with Crippen LogP contribution in [0.1, 0.15) is 37.8 Å². The normalized spacial score (nSPS) is 15.7. The summed E-state index contributed by atoms with van der Waals surface area (Å²) in [6, 6.07) is 10.4. The van der Waals surface area contributed by atoms with Gasteiger partial charge in [0, 0.05) is 37.1 Å². The number of hydrogen-bond acceptors (Lipinski definition) is 3. The van der Waals surface area contributed by atoms with E-state index in [2.05, 4.69) is 39.7 Å². The van der Waals surface area contributed by atoms with E-state index in [0.29, 0.717) is 0 Å². The molecule has 2 N–H and O–H groups in total. The van der Waals surface area contributed by atoms with Crippen LogP contribution in [0.3, 0.4) is 0 Å². The largest absolute Gasteiger partial charge is 0.357 e. The first kappa shape index (κ1) is 24.0. The number of guanidine groups is 1. The molecule has 2 aromatic rings. The molecule has 0 aliphatic carbocycles. The molecular weight excluding hydrogens is 499 g/mol. The third-order valence-electron chi connectivity index (χ3n) is 5.00. The first-order valence-corrected chi connectivity index (χ1v) is 10.6. The van der Waals surface area contributed by atoms with E-state index in [9.17, 15) is 0 Å².